The summed E-state index contributed by atoms with van der Waals surface area (Å²) in [6, 6.07) is 1.74. The molecule has 70 valence electrons. The topological polar surface area (TPSA) is 34.0 Å². The van der Waals surface area contributed by atoms with E-state index in [1.165, 1.54) is 0 Å². The van der Waals surface area contributed by atoms with E-state index in [2.05, 4.69) is 17.5 Å². The lowest BCUT2D eigenvalue weighted by molar-refractivity contribution is 0.750. The highest BCUT2D eigenvalue weighted by Gasteiger charge is 2.07. The Bertz CT molecular complexity index is 364. The molecule has 0 aliphatic rings. The van der Waals surface area contributed by atoms with E-state index >= 15 is 0 Å². The third-order valence-electron chi connectivity index (χ3n) is 2.13. The van der Waals surface area contributed by atoms with Gasteiger partial charge in [-0.15, -0.1) is 0 Å². The molecule has 0 aliphatic carbocycles. The summed E-state index contributed by atoms with van der Waals surface area (Å²) < 4.78 is 4.39. The second kappa shape index (κ2) is 4.02. The summed E-state index contributed by atoms with van der Waals surface area (Å²) in [7, 11) is 3.73. The molecule has 0 saturated heterocycles. The van der Waals surface area contributed by atoms with Gasteiger partial charge in [0.05, 0.1) is 0 Å². The van der Waals surface area contributed by atoms with Crippen molar-refractivity contribution in [2.24, 2.45) is 7.05 Å². The molecular formula is C8H13BN2OS. The predicted molar refractivity (Wildman–Crippen MR) is 60.4 cm³/mol. The van der Waals surface area contributed by atoms with Gasteiger partial charge < -0.3 is 4.57 Å². The first-order chi connectivity index (χ1) is 6.06. The third-order valence-corrected chi connectivity index (χ3v) is 2.52. The van der Waals surface area contributed by atoms with Gasteiger partial charge in [0.15, 0.2) is 0 Å². The Balaban J connectivity index is 3.23. The second-order valence-corrected chi connectivity index (χ2v) is 3.47. The fourth-order valence-corrected chi connectivity index (χ4v) is 1.45. The Labute approximate surface area is 84.1 Å². The van der Waals surface area contributed by atoms with Gasteiger partial charge >= 0.3 is 0 Å². The van der Waals surface area contributed by atoms with Gasteiger partial charge in [0.25, 0.3) is 5.56 Å². The van der Waals surface area contributed by atoms with Crippen LogP contribution in [0.1, 0.15) is 18.5 Å². The molecule has 1 rings (SSSR count). The van der Waals surface area contributed by atoms with Crippen molar-refractivity contribution < 1.29 is 0 Å². The average Bonchev–Trinajstić information content (AvgIpc) is 2.10. The van der Waals surface area contributed by atoms with Crippen LogP contribution in [0.3, 0.4) is 0 Å². The fourth-order valence-electron chi connectivity index (χ4n) is 1.31. The minimum atomic E-state index is 0.0102. The number of thiol groups is 1. The van der Waals surface area contributed by atoms with Crippen molar-refractivity contribution in [3.8, 4) is 0 Å². The van der Waals surface area contributed by atoms with Gasteiger partial charge in [-0.25, -0.2) is 0 Å². The molecule has 0 fully saturated rings. The summed E-state index contributed by atoms with van der Waals surface area (Å²) in [5.74, 6) is 0. The zero-order valence-corrected chi connectivity index (χ0v) is 8.93. The molecule has 0 bridgehead atoms. The minimum absolute atomic E-state index is 0.0102. The van der Waals surface area contributed by atoms with Gasteiger partial charge in [0.1, 0.15) is 7.85 Å². The summed E-state index contributed by atoms with van der Waals surface area (Å²) in [6.07, 6.45) is 1.83. The monoisotopic (exact) mass is 196 g/mol. The predicted octanol–water partition coefficient (Wildman–Crippen LogP) is -0.861. The molecule has 0 aliphatic heterocycles. The second-order valence-electron chi connectivity index (χ2n) is 3.21. The first-order valence-electron chi connectivity index (χ1n) is 4.13. The minimum Gasteiger partial charge on any atom is -0.319 e. The summed E-state index contributed by atoms with van der Waals surface area (Å²) in [4.78, 5) is 11.3. The van der Waals surface area contributed by atoms with Crippen LogP contribution in [0.25, 0.3) is 0 Å². The Morgan fingerprint density at radius 2 is 2.31 bits per heavy atom. The number of pyridine rings is 1. The average molecular weight is 196 g/mol. The zero-order valence-electron chi connectivity index (χ0n) is 8.03. The van der Waals surface area contributed by atoms with Crippen molar-refractivity contribution in [3.63, 3.8) is 0 Å². The molecule has 0 amide bonds. The molecule has 1 atom stereocenters. The molecule has 0 saturated carbocycles. The highest BCUT2D eigenvalue weighted by molar-refractivity contribution is 7.78. The Hall–Kier alpha value is -0.675. The molecule has 5 heteroatoms. The normalized spacial score (nSPS) is 12.8. The number of nitrogens with zero attached hydrogens (tertiary/aromatic N) is 1. The third kappa shape index (κ3) is 2.17. The van der Waals surface area contributed by atoms with Crippen LogP contribution >= 0.6 is 12.8 Å². The van der Waals surface area contributed by atoms with Gasteiger partial charge in [0.2, 0.25) is 0 Å². The molecular weight excluding hydrogens is 183 g/mol. The van der Waals surface area contributed by atoms with Crippen molar-refractivity contribution in [3.05, 3.63) is 28.2 Å². The van der Waals surface area contributed by atoms with Gasteiger partial charge in [-0.3, -0.25) is 9.52 Å². The number of nitrogens with one attached hydrogen (secondary N) is 1. The Morgan fingerprint density at radius 1 is 1.69 bits per heavy atom. The maximum Gasteiger partial charge on any atom is 0.250 e. The van der Waals surface area contributed by atoms with Crippen LogP contribution in [-0.2, 0) is 7.05 Å². The summed E-state index contributed by atoms with van der Waals surface area (Å²) in [6.45, 7) is 1.97. The maximum atomic E-state index is 11.3. The molecule has 3 nitrogen and oxygen atoms in total. The molecule has 13 heavy (non-hydrogen) atoms. The molecule has 0 radical (unpaired) electrons. The van der Waals surface area contributed by atoms with Gasteiger partial charge in [-0.1, -0.05) is 18.3 Å². The highest BCUT2D eigenvalue weighted by Crippen LogP contribution is 2.06. The van der Waals surface area contributed by atoms with Gasteiger partial charge in [-0.05, 0) is 12.5 Å². The molecule has 1 N–H and O–H groups in total. The van der Waals surface area contributed by atoms with Crippen LogP contribution in [0, 0.1) is 0 Å². The number of aryl methyl sites for hydroxylation is 1. The Kier molecular flexibility index (Phi) is 3.22. The standard InChI is InChI=1S/C8H13BN2OS/c1-5(10-13)6-3-8(12)11(2)4-7(6)9/h3-5,10,13H,9H2,1-2H3. The molecule has 1 aromatic heterocycles. The SMILES string of the molecule is Bc1cn(C)c(=O)cc1C(C)NS. The van der Waals surface area contributed by atoms with Gasteiger partial charge in [0, 0.05) is 25.4 Å². The molecule has 1 unspecified atom stereocenters. The van der Waals surface area contributed by atoms with E-state index in [1.54, 1.807) is 17.7 Å². The number of hydrogen-bond donors (Lipinski definition) is 2. The van der Waals surface area contributed by atoms with E-state index < -0.39 is 0 Å². The quantitative estimate of drug-likeness (QED) is 0.476. The molecule has 1 aromatic rings. The fraction of sp³-hybridized carbons (Fsp3) is 0.375. The van der Waals surface area contributed by atoms with Crippen LogP contribution in [0.4, 0.5) is 0 Å². The first-order valence-corrected chi connectivity index (χ1v) is 4.57. The lowest BCUT2D eigenvalue weighted by Gasteiger charge is -2.13. The number of rotatable bonds is 2. The largest absolute Gasteiger partial charge is 0.319 e. The number of aromatic nitrogens is 1. The van der Waals surface area contributed by atoms with E-state index in [0.717, 1.165) is 11.0 Å². The van der Waals surface area contributed by atoms with E-state index in [0.29, 0.717) is 0 Å². The molecule has 0 spiro atoms. The van der Waals surface area contributed by atoms with Crippen molar-refractivity contribution in [1.82, 2.24) is 9.29 Å². The summed E-state index contributed by atoms with van der Waals surface area (Å²) >= 11 is 3.98. The molecule has 0 aromatic carbocycles. The lowest BCUT2D eigenvalue weighted by Crippen LogP contribution is -2.28. The van der Waals surface area contributed by atoms with Gasteiger partial charge in [-0.2, -0.15) is 0 Å². The molecule has 1 heterocycles. The Morgan fingerprint density at radius 3 is 2.85 bits per heavy atom. The smallest absolute Gasteiger partial charge is 0.250 e. The van der Waals surface area contributed by atoms with Crippen molar-refractivity contribution in [1.29, 1.82) is 0 Å². The highest BCUT2D eigenvalue weighted by atomic mass is 32.1. The van der Waals surface area contributed by atoms with Crippen LogP contribution in [0.2, 0.25) is 0 Å². The zero-order chi connectivity index (χ0) is 10.0. The van der Waals surface area contributed by atoms with Crippen LogP contribution < -0.4 is 15.7 Å². The number of hydrogen-bond acceptors (Lipinski definition) is 3. The van der Waals surface area contributed by atoms with Crippen LogP contribution in [-0.4, -0.2) is 12.4 Å². The van der Waals surface area contributed by atoms with Crippen LogP contribution in [0.5, 0.6) is 0 Å². The van der Waals surface area contributed by atoms with Crippen molar-refractivity contribution in [2.75, 3.05) is 0 Å². The van der Waals surface area contributed by atoms with E-state index in [4.69, 9.17) is 0 Å². The van der Waals surface area contributed by atoms with Crippen molar-refractivity contribution in [2.45, 2.75) is 13.0 Å². The van der Waals surface area contributed by atoms with Crippen molar-refractivity contribution >= 4 is 26.1 Å². The van der Waals surface area contributed by atoms with E-state index in [-0.39, 0.29) is 11.6 Å². The summed E-state index contributed by atoms with van der Waals surface area (Å²) in [5, 5.41) is 0. The van der Waals surface area contributed by atoms with E-state index in [9.17, 15) is 4.79 Å². The lowest BCUT2D eigenvalue weighted by atomic mass is 9.90. The first kappa shape index (κ1) is 10.4. The van der Waals surface area contributed by atoms with E-state index in [1.807, 2.05) is 21.0 Å². The van der Waals surface area contributed by atoms with Crippen LogP contribution in [0.15, 0.2) is 17.1 Å². The summed E-state index contributed by atoms with van der Waals surface area (Å²) in [5.41, 5.74) is 2.10. The maximum absolute atomic E-state index is 11.3.